The molecule has 0 amide bonds. The van der Waals surface area contributed by atoms with Crippen LogP contribution in [0.3, 0.4) is 0 Å². The molecule has 1 aliphatic rings. The Labute approximate surface area is 218 Å². The second kappa shape index (κ2) is 10.0. The van der Waals surface area contributed by atoms with Crippen LogP contribution in [0.2, 0.25) is 0 Å². The Morgan fingerprint density at radius 1 is 1.21 bits per heavy atom. The summed E-state index contributed by atoms with van der Waals surface area (Å²) < 4.78 is 26.4. The van der Waals surface area contributed by atoms with Crippen LogP contribution < -0.4 is 14.9 Å². The number of aromatic nitrogens is 1. The predicted molar refractivity (Wildman–Crippen MR) is 138 cm³/mol. The van der Waals surface area contributed by atoms with Gasteiger partial charge < -0.3 is 9.15 Å². The van der Waals surface area contributed by atoms with Crippen LogP contribution in [0.25, 0.3) is 17.4 Å². The Bertz CT molecular complexity index is 1780. The van der Waals surface area contributed by atoms with E-state index in [9.17, 15) is 24.1 Å². The number of nitro groups is 1. The number of carbonyl (C=O) groups is 1. The SMILES string of the molecule is CCOC(=O)C1=C(C)N=c2s/c(=C\c3ccc(-c4ccccc4[N+](=O)[O-])o3)c(=O)n2[C@@H]1c1ccc(F)cc1. The summed E-state index contributed by atoms with van der Waals surface area (Å²) in [5, 5.41) is 11.4. The number of hydrogen-bond donors (Lipinski definition) is 0. The molecule has 0 bridgehead atoms. The molecule has 0 saturated heterocycles. The minimum atomic E-state index is -0.868. The normalized spacial score (nSPS) is 15.2. The molecule has 2 aromatic heterocycles. The summed E-state index contributed by atoms with van der Waals surface area (Å²) in [6.07, 6.45) is 1.52. The van der Waals surface area contributed by atoms with Gasteiger partial charge in [-0.05, 0) is 49.7 Å². The number of allylic oxidation sites excluding steroid dienone is 1. The van der Waals surface area contributed by atoms with E-state index >= 15 is 0 Å². The van der Waals surface area contributed by atoms with Gasteiger partial charge in [0, 0.05) is 12.1 Å². The summed E-state index contributed by atoms with van der Waals surface area (Å²) in [5.41, 5.74) is 0.879. The number of para-hydroxylation sites is 1. The van der Waals surface area contributed by atoms with Gasteiger partial charge in [-0.15, -0.1) is 0 Å². The van der Waals surface area contributed by atoms with Crippen LogP contribution in [0.5, 0.6) is 0 Å². The highest BCUT2D eigenvalue weighted by molar-refractivity contribution is 7.07. The average Bonchev–Trinajstić information content (AvgIpc) is 3.48. The van der Waals surface area contributed by atoms with Gasteiger partial charge in [0.2, 0.25) is 0 Å². The lowest BCUT2D eigenvalue weighted by atomic mass is 9.96. The molecule has 192 valence electrons. The maximum absolute atomic E-state index is 13.7. The van der Waals surface area contributed by atoms with Crippen molar-refractivity contribution in [3.63, 3.8) is 0 Å². The smallest absolute Gasteiger partial charge is 0.338 e. The maximum Gasteiger partial charge on any atom is 0.338 e. The van der Waals surface area contributed by atoms with Gasteiger partial charge >= 0.3 is 5.97 Å². The van der Waals surface area contributed by atoms with Crippen molar-refractivity contribution in [1.82, 2.24) is 4.57 Å². The largest absolute Gasteiger partial charge is 0.463 e. The van der Waals surface area contributed by atoms with Crippen molar-refractivity contribution in [3.05, 3.63) is 119 Å². The number of thiazole rings is 1. The number of nitrogens with zero attached hydrogens (tertiary/aromatic N) is 3. The van der Waals surface area contributed by atoms with Gasteiger partial charge in [-0.2, -0.15) is 0 Å². The van der Waals surface area contributed by atoms with E-state index < -0.39 is 28.3 Å². The zero-order valence-electron chi connectivity index (χ0n) is 20.2. The predicted octanol–water partition coefficient (Wildman–Crippen LogP) is 4.11. The zero-order valence-corrected chi connectivity index (χ0v) is 21.0. The highest BCUT2D eigenvalue weighted by atomic mass is 32.1. The van der Waals surface area contributed by atoms with E-state index in [1.165, 1.54) is 41.0 Å². The molecule has 1 aliphatic heterocycles. The lowest BCUT2D eigenvalue weighted by Crippen LogP contribution is -2.39. The van der Waals surface area contributed by atoms with Crippen LogP contribution in [0.15, 0.2) is 86.1 Å². The lowest BCUT2D eigenvalue weighted by Gasteiger charge is -2.24. The van der Waals surface area contributed by atoms with E-state index in [2.05, 4.69) is 4.99 Å². The van der Waals surface area contributed by atoms with E-state index in [4.69, 9.17) is 9.15 Å². The van der Waals surface area contributed by atoms with Crippen LogP contribution in [-0.4, -0.2) is 22.1 Å². The first-order chi connectivity index (χ1) is 18.3. The van der Waals surface area contributed by atoms with E-state index in [-0.39, 0.29) is 28.2 Å². The molecule has 0 radical (unpaired) electrons. The van der Waals surface area contributed by atoms with Gasteiger partial charge in [-0.25, -0.2) is 14.2 Å². The summed E-state index contributed by atoms with van der Waals surface area (Å²) in [7, 11) is 0. The number of hydrogen-bond acceptors (Lipinski definition) is 8. The van der Waals surface area contributed by atoms with E-state index in [0.29, 0.717) is 27.4 Å². The number of halogens is 1. The summed E-state index contributed by atoms with van der Waals surface area (Å²) in [5.74, 6) is -0.478. The minimum absolute atomic E-state index is 0.103. The summed E-state index contributed by atoms with van der Waals surface area (Å²) in [4.78, 5) is 42.3. The number of rotatable bonds is 6. The molecule has 0 fully saturated rings. The number of benzene rings is 2. The molecule has 0 spiro atoms. The Morgan fingerprint density at radius 3 is 2.66 bits per heavy atom. The lowest BCUT2D eigenvalue weighted by molar-refractivity contribution is -0.384. The Kier molecular flexibility index (Phi) is 6.60. The first-order valence-corrected chi connectivity index (χ1v) is 12.4. The third-order valence-electron chi connectivity index (χ3n) is 5.97. The van der Waals surface area contributed by atoms with Gasteiger partial charge in [0.25, 0.3) is 11.2 Å². The number of carbonyl (C=O) groups excluding carboxylic acids is 1. The van der Waals surface area contributed by atoms with E-state index in [1.807, 2.05) is 0 Å². The summed E-state index contributed by atoms with van der Waals surface area (Å²) in [6.45, 7) is 3.47. The molecule has 0 N–H and O–H groups in total. The van der Waals surface area contributed by atoms with Crippen molar-refractivity contribution in [3.8, 4) is 11.3 Å². The molecule has 1 atom stereocenters. The Morgan fingerprint density at radius 2 is 1.95 bits per heavy atom. The van der Waals surface area contributed by atoms with Crippen LogP contribution in [0.4, 0.5) is 10.1 Å². The number of esters is 1. The van der Waals surface area contributed by atoms with Crippen molar-refractivity contribution < 1.29 is 23.3 Å². The average molecular weight is 534 g/mol. The first kappa shape index (κ1) is 25.0. The fourth-order valence-corrected chi connectivity index (χ4v) is 5.32. The van der Waals surface area contributed by atoms with E-state index in [1.54, 1.807) is 44.2 Å². The van der Waals surface area contributed by atoms with Crippen molar-refractivity contribution in [2.75, 3.05) is 6.61 Å². The highest BCUT2D eigenvalue weighted by Crippen LogP contribution is 2.32. The number of furan rings is 1. The van der Waals surface area contributed by atoms with Crippen LogP contribution in [-0.2, 0) is 9.53 Å². The maximum atomic E-state index is 13.7. The zero-order chi connectivity index (χ0) is 27.0. The number of fused-ring (bicyclic) bond motifs is 1. The van der Waals surface area contributed by atoms with Gasteiger partial charge in [-0.3, -0.25) is 19.5 Å². The second-order valence-electron chi connectivity index (χ2n) is 8.33. The third-order valence-corrected chi connectivity index (χ3v) is 6.95. The first-order valence-electron chi connectivity index (χ1n) is 11.6. The van der Waals surface area contributed by atoms with Crippen LogP contribution in [0, 0.1) is 15.9 Å². The van der Waals surface area contributed by atoms with Gasteiger partial charge in [0.15, 0.2) is 4.80 Å². The molecule has 3 heterocycles. The molecular formula is C27H20FN3O6S. The van der Waals surface area contributed by atoms with Gasteiger partial charge in [0.05, 0.1) is 38.9 Å². The van der Waals surface area contributed by atoms with Crippen molar-refractivity contribution in [2.45, 2.75) is 19.9 Å². The number of nitro benzene ring substituents is 1. The monoisotopic (exact) mass is 533 g/mol. The van der Waals surface area contributed by atoms with Crippen molar-refractivity contribution in [2.24, 2.45) is 4.99 Å². The van der Waals surface area contributed by atoms with Gasteiger partial charge in [-0.1, -0.05) is 35.6 Å². The minimum Gasteiger partial charge on any atom is -0.463 e. The molecular weight excluding hydrogens is 513 g/mol. The molecule has 0 saturated carbocycles. The summed E-state index contributed by atoms with van der Waals surface area (Å²) >= 11 is 1.10. The Balaban J connectivity index is 1.64. The topological polar surface area (TPSA) is 117 Å². The van der Waals surface area contributed by atoms with Crippen molar-refractivity contribution >= 4 is 29.1 Å². The summed E-state index contributed by atoms with van der Waals surface area (Å²) in [6, 6.07) is 14.1. The fraction of sp³-hybridized carbons (Fsp3) is 0.148. The van der Waals surface area contributed by atoms with Crippen molar-refractivity contribution in [1.29, 1.82) is 0 Å². The van der Waals surface area contributed by atoms with Crippen LogP contribution >= 0.6 is 11.3 Å². The molecule has 5 rings (SSSR count). The molecule has 0 aliphatic carbocycles. The number of ether oxygens (including phenoxy) is 1. The molecule has 4 aromatic rings. The third kappa shape index (κ3) is 4.48. The quantitative estimate of drug-likeness (QED) is 0.209. The molecule has 11 heteroatoms. The standard InChI is InChI=1S/C27H20FN3O6S/c1-3-36-26(33)23-15(2)29-27-30(24(23)16-8-10-17(28)11-9-16)25(32)22(38-27)14-18-12-13-21(37-18)19-6-4-5-7-20(19)31(34)35/h4-14,24H,3H2,1-2H3/b22-14-/t24-/m1/s1. The highest BCUT2D eigenvalue weighted by Gasteiger charge is 2.33. The molecule has 2 aromatic carbocycles. The molecule has 38 heavy (non-hydrogen) atoms. The molecule has 9 nitrogen and oxygen atoms in total. The van der Waals surface area contributed by atoms with Gasteiger partial charge in [0.1, 0.15) is 17.3 Å². The van der Waals surface area contributed by atoms with Crippen LogP contribution in [0.1, 0.15) is 31.2 Å². The van der Waals surface area contributed by atoms with E-state index in [0.717, 1.165) is 11.3 Å². The Hall–Kier alpha value is -4.64. The molecule has 0 unspecified atom stereocenters. The fourth-order valence-electron chi connectivity index (χ4n) is 4.30. The second-order valence-corrected chi connectivity index (χ2v) is 9.34.